The maximum absolute atomic E-state index is 6.52. The first kappa shape index (κ1) is 14.9. The van der Waals surface area contributed by atoms with Gasteiger partial charge in [0, 0.05) is 18.4 Å². The van der Waals surface area contributed by atoms with Gasteiger partial charge in [0.15, 0.2) is 0 Å². The first-order valence-electron chi connectivity index (χ1n) is 9.06. The van der Waals surface area contributed by atoms with Gasteiger partial charge < -0.3 is 10.3 Å². The molecule has 0 saturated heterocycles. The van der Waals surface area contributed by atoms with Gasteiger partial charge in [-0.2, -0.15) is 0 Å². The quantitative estimate of drug-likeness (QED) is 0.863. The molecular weight excluding hydrogens is 258 g/mol. The summed E-state index contributed by atoms with van der Waals surface area (Å²) >= 11 is 0. The maximum atomic E-state index is 6.52. The second kappa shape index (κ2) is 6.41. The van der Waals surface area contributed by atoms with E-state index in [0.717, 1.165) is 24.7 Å². The number of nitrogen functional groups attached to an aromatic ring is 1. The Labute approximate surface area is 129 Å². The van der Waals surface area contributed by atoms with Gasteiger partial charge in [-0.25, -0.2) is 4.98 Å². The highest BCUT2D eigenvalue weighted by Crippen LogP contribution is 2.41. The molecule has 1 heterocycles. The zero-order valence-corrected chi connectivity index (χ0v) is 13.8. The highest BCUT2D eigenvalue weighted by Gasteiger charge is 2.29. The molecule has 0 bridgehead atoms. The molecule has 0 unspecified atom stereocenters. The van der Waals surface area contributed by atoms with Gasteiger partial charge in [0.25, 0.3) is 0 Å². The molecule has 2 fully saturated rings. The molecule has 0 atom stereocenters. The zero-order chi connectivity index (χ0) is 14.8. The largest absolute Gasteiger partial charge is 0.384 e. The first-order valence-corrected chi connectivity index (χ1v) is 9.06. The molecule has 0 radical (unpaired) electrons. The van der Waals surface area contributed by atoms with Gasteiger partial charge in [0.1, 0.15) is 11.6 Å². The average molecular weight is 289 g/mol. The van der Waals surface area contributed by atoms with Crippen molar-refractivity contribution in [1.82, 2.24) is 9.55 Å². The van der Waals surface area contributed by atoms with Crippen LogP contribution in [0.2, 0.25) is 0 Å². The number of anilines is 1. The minimum Gasteiger partial charge on any atom is -0.384 e. The molecule has 2 aliphatic carbocycles. The van der Waals surface area contributed by atoms with E-state index in [1.807, 2.05) is 0 Å². The summed E-state index contributed by atoms with van der Waals surface area (Å²) in [5, 5.41) is 0. The van der Waals surface area contributed by atoms with E-state index in [4.69, 9.17) is 10.7 Å². The lowest BCUT2D eigenvalue weighted by molar-refractivity contribution is 0.345. The topological polar surface area (TPSA) is 43.8 Å². The van der Waals surface area contributed by atoms with Crippen LogP contribution >= 0.6 is 0 Å². The molecule has 3 heteroatoms. The standard InChI is InChI=1S/C18H31N3/c1-3-12-21-17(19)16(14-10-8-13(2)9-11-14)20-18(21)15-6-4-5-7-15/h13-15H,3-12,19H2,1-2H3. The number of hydrogen-bond acceptors (Lipinski definition) is 2. The van der Waals surface area contributed by atoms with Crippen LogP contribution in [-0.2, 0) is 6.54 Å². The van der Waals surface area contributed by atoms with E-state index in [-0.39, 0.29) is 0 Å². The molecule has 118 valence electrons. The highest BCUT2D eigenvalue weighted by molar-refractivity contribution is 5.41. The van der Waals surface area contributed by atoms with Crippen LogP contribution in [0, 0.1) is 5.92 Å². The van der Waals surface area contributed by atoms with Crippen LogP contribution in [0.3, 0.4) is 0 Å². The van der Waals surface area contributed by atoms with Crippen LogP contribution in [0.1, 0.15) is 95.0 Å². The number of aromatic nitrogens is 2. The molecule has 21 heavy (non-hydrogen) atoms. The molecule has 2 aliphatic rings. The van der Waals surface area contributed by atoms with Crippen LogP contribution in [0.25, 0.3) is 0 Å². The number of nitrogens with two attached hydrogens (primary N) is 1. The van der Waals surface area contributed by atoms with Crippen molar-refractivity contribution in [3.05, 3.63) is 11.5 Å². The third kappa shape index (κ3) is 2.97. The van der Waals surface area contributed by atoms with Crippen LogP contribution in [0.5, 0.6) is 0 Å². The predicted octanol–water partition coefficient (Wildman–Crippen LogP) is 4.83. The van der Waals surface area contributed by atoms with Crippen molar-refractivity contribution < 1.29 is 0 Å². The Bertz CT molecular complexity index is 463. The Morgan fingerprint density at radius 2 is 1.71 bits per heavy atom. The van der Waals surface area contributed by atoms with E-state index < -0.39 is 0 Å². The fourth-order valence-electron chi connectivity index (χ4n) is 4.29. The van der Waals surface area contributed by atoms with Crippen LogP contribution in [0.4, 0.5) is 5.82 Å². The first-order chi connectivity index (χ1) is 10.2. The zero-order valence-electron chi connectivity index (χ0n) is 13.8. The fourth-order valence-corrected chi connectivity index (χ4v) is 4.29. The smallest absolute Gasteiger partial charge is 0.127 e. The number of nitrogens with zero attached hydrogens (tertiary/aromatic N) is 2. The Hall–Kier alpha value is -0.990. The minimum absolute atomic E-state index is 0.611. The van der Waals surface area contributed by atoms with E-state index in [1.165, 1.54) is 62.9 Å². The summed E-state index contributed by atoms with van der Waals surface area (Å²) in [6.45, 7) is 5.65. The Balaban J connectivity index is 1.88. The van der Waals surface area contributed by atoms with Crippen molar-refractivity contribution in [2.75, 3.05) is 5.73 Å². The average Bonchev–Trinajstić information content (AvgIpc) is 3.10. The summed E-state index contributed by atoms with van der Waals surface area (Å²) in [6.07, 6.45) is 11.7. The summed E-state index contributed by atoms with van der Waals surface area (Å²) in [5.74, 6) is 4.45. The lowest BCUT2D eigenvalue weighted by atomic mass is 9.81. The van der Waals surface area contributed by atoms with Crippen molar-refractivity contribution in [1.29, 1.82) is 0 Å². The summed E-state index contributed by atoms with van der Waals surface area (Å²) < 4.78 is 2.35. The normalized spacial score (nSPS) is 27.3. The maximum Gasteiger partial charge on any atom is 0.127 e. The van der Waals surface area contributed by atoms with Crippen molar-refractivity contribution in [3.8, 4) is 0 Å². The molecule has 3 rings (SSSR count). The minimum atomic E-state index is 0.611. The summed E-state index contributed by atoms with van der Waals surface area (Å²) in [6, 6.07) is 0. The van der Waals surface area contributed by atoms with Crippen LogP contribution < -0.4 is 5.73 Å². The van der Waals surface area contributed by atoms with Crippen molar-refractivity contribution >= 4 is 5.82 Å². The van der Waals surface area contributed by atoms with Gasteiger partial charge in [-0.05, 0) is 38.0 Å². The second-order valence-electron chi connectivity index (χ2n) is 7.33. The van der Waals surface area contributed by atoms with Crippen molar-refractivity contribution in [3.63, 3.8) is 0 Å². The molecule has 0 amide bonds. The number of hydrogen-bond donors (Lipinski definition) is 1. The third-order valence-electron chi connectivity index (χ3n) is 5.63. The van der Waals surface area contributed by atoms with Gasteiger partial charge in [-0.3, -0.25) is 0 Å². The lowest BCUT2D eigenvalue weighted by Crippen LogP contribution is -2.13. The van der Waals surface area contributed by atoms with Gasteiger partial charge >= 0.3 is 0 Å². The third-order valence-corrected chi connectivity index (χ3v) is 5.63. The van der Waals surface area contributed by atoms with Gasteiger partial charge in [0.2, 0.25) is 0 Å². The van der Waals surface area contributed by atoms with Gasteiger partial charge in [-0.1, -0.05) is 39.5 Å². The fraction of sp³-hybridized carbons (Fsp3) is 0.833. The highest BCUT2D eigenvalue weighted by atomic mass is 15.1. The molecule has 0 aromatic carbocycles. The molecule has 0 spiro atoms. The van der Waals surface area contributed by atoms with Crippen LogP contribution in [-0.4, -0.2) is 9.55 Å². The SMILES string of the molecule is CCCn1c(C2CCCC2)nc(C2CCC(C)CC2)c1N. The van der Waals surface area contributed by atoms with E-state index in [2.05, 4.69) is 18.4 Å². The molecule has 1 aromatic heterocycles. The number of imidazole rings is 1. The van der Waals surface area contributed by atoms with Gasteiger partial charge in [0.05, 0.1) is 5.69 Å². The molecular formula is C18H31N3. The van der Waals surface area contributed by atoms with E-state index in [1.54, 1.807) is 0 Å². The van der Waals surface area contributed by atoms with E-state index in [9.17, 15) is 0 Å². The second-order valence-corrected chi connectivity index (χ2v) is 7.33. The van der Waals surface area contributed by atoms with Crippen molar-refractivity contribution in [2.45, 2.75) is 90.0 Å². The van der Waals surface area contributed by atoms with Crippen molar-refractivity contribution in [2.24, 2.45) is 5.92 Å². The Morgan fingerprint density at radius 3 is 2.33 bits per heavy atom. The lowest BCUT2D eigenvalue weighted by Gasteiger charge is -2.25. The molecule has 0 aliphatic heterocycles. The molecule has 1 aromatic rings. The number of rotatable bonds is 4. The Kier molecular flexibility index (Phi) is 4.56. The molecule has 2 saturated carbocycles. The monoisotopic (exact) mass is 289 g/mol. The predicted molar refractivity (Wildman–Crippen MR) is 88.5 cm³/mol. The van der Waals surface area contributed by atoms with E-state index in [0.29, 0.717) is 11.8 Å². The molecule has 3 nitrogen and oxygen atoms in total. The van der Waals surface area contributed by atoms with Gasteiger partial charge in [-0.15, -0.1) is 0 Å². The summed E-state index contributed by atoms with van der Waals surface area (Å²) in [4.78, 5) is 5.10. The molecule has 2 N–H and O–H groups in total. The summed E-state index contributed by atoms with van der Waals surface area (Å²) in [5.41, 5.74) is 7.76. The van der Waals surface area contributed by atoms with Crippen LogP contribution in [0.15, 0.2) is 0 Å². The summed E-state index contributed by atoms with van der Waals surface area (Å²) in [7, 11) is 0. The van der Waals surface area contributed by atoms with E-state index >= 15 is 0 Å². The Morgan fingerprint density at radius 1 is 1.05 bits per heavy atom.